The fourth-order valence-corrected chi connectivity index (χ4v) is 5.97. The summed E-state index contributed by atoms with van der Waals surface area (Å²) in [7, 11) is 0. The Hall–Kier alpha value is -2.46. The van der Waals surface area contributed by atoms with E-state index in [2.05, 4.69) is 35.0 Å². The van der Waals surface area contributed by atoms with Crippen LogP contribution in [0.1, 0.15) is 24.5 Å². The van der Waals surface area contributed by atoms with Gasteiger partial charge in [0.1, 0.15) is 0 Å². The summed E-state index contributed by atoms with van der Waals surface area (Å²) in [5.74, 6) is -0.274. The third kappa shape index (κ3) is 2.24. The summed E-state index contributed by atoms with van der Waals surface area (Å²) in [6.07, 6.45) is 3.86. The summed E-state index contributed by atoms with van der Waals surface area (Å²) in [6, 6.07) is 16.2. The molecule has 120 valence electrons. The number of aromatic nitrogens is 1. The molecule has 0 N–H and O–H groups in total. The predicted octanol–water partition coefficient (Wildman–Crippen LogP) is 4.21. The summed E-state index contributed by atoms with van der Waals surface area (Å²) in [4.78, 5) is 25.4. The molecule has 5 heteroatoms. The maximum absolute atomic E-state index is 12.4. The van der Waals surface area contributed by atoms with E-state index in [0.717, 1.165) is 4.44 Å². The number of allylic oxidation sites excluding steroid dienone is 1. The molecule has 0 fully saturated rings. The van der Waals surface area contributed by atoms with Crippen molar-refractivity contribution in [3.8, 4) is 4.56 Å². The molecular weight excluding hydrogens is 397 g/mol. The van der Waals surface area contributed by atoms with Gasteiger partial charge in [-0.15, -0.1) is 0 Å². The Morgan fingerprint density at radius 2 is 1.84 bits per heavy atom. The third-order valence-corrected chi connectivity index (χ3v) is 7.42. The Morgan fingerprint density at radius 3 is 2.72 bits per heavy atom. The van der Waals surface area contributed by atoms with E-state index in [-0.39, 0.29) is 26.1 Å². The average Bonchev–Trinajstić information content (AvgIpc) is 3.38. The van der Waals surface area contributed by atoms with E-state index < -0.39 is 0 Å². The molecule has 3 aromatic heterocycles. The van der Waals surface area contributed by atoms with Crippen molar-refractivity contribution in [2.24, 2.45) is 0 Å². The molecule has 0 saturated carbocycles. The van der Waals surface area contributed by atoms with Crippen molar-refractivity contribution < 1.29 is 9.59 Å². The van der Waals surface area contributed by atoms with E-state index in [4.69, 9.17) is 0 Å². The molecule has 0 bridgehead atoms. The van der Waals surface area contributed by atoms with E-state index in [9.17, 15) is 9.59 Å². The fraction of sp³-hybridized carbons (Fsp3) is 0. The van der Waals surface area contributed by atoms with Crippen LogP contribution in [0.4, 0.5) is 0 Å². The maximum atomic E-state index is 12.4. The molecule has 5 rings (SSSR count). The van der Waals surface area contributed by atoms with Gasteiger partial charge in [0.05, 0.1) is 0 Å². The van der Waals surface area contributed by atoms with Crippen molar-refractivity contribution in [2.45, 2.75) is 0 Å². The molecule has 0 radical (unpaired) electrons. The summed E-state index contributed by atoms with van der Waals surface area (Å²) in [5.41, 5.74) is 2.03. The van der Waals surface area contributed by atoms with Crippen LogP contribution >= 0.6 is 11.3 Å². The van der Waals surface area contributed by atoms with Gasteiger partial charge in [-0.1, -0.05) is 0 Å². The quantitative estimate of drug-likeness (QED) is 0.283. The molecule has 0 amide bonds. The molecule has 25 heavy (non-hydrogen) atoms. The van der Waals surface area contributed by atoms with Gasteiger partial charge >= 0.3 is 154 Å². The van der Waals surface area contributed by atoms with Gasteiger partial charge in [-0.3, -0.25) is 0 Å². The molecule has 1 aromatic carbocycles. The van der Waals surface area contributed by atoms with Gasteiger partial charge < -0.3 is 0 Å². The number of hydrogen-bond acceptors (Lipinski definition) is 3. The summed E-state index contributed by atoms with van der Waals surface area (Å²) < 4.78 is 4.44. The zero-order chi connectivity index (χ0) is 17.0. The van der Waals surface area contributed by atoms with E-state index in [1.165, 1.54) is 26.8 Å². The van der Waals surface area contributed by atoms with E-state index in [1.54, 1.807) is 17.5 Å². The van der Waals surface area contributed by atoms with Gasteiger partial charge in [-0.05, 0) is 0 Å². The minimum atomic E-state index is -0.141. The Bertz CT molecular complexity index is 1160. The zero-order valence-corrected chi connectivity index (χ0v) is 15.5. The fourth-order valence-electron chi connectivity index (χ4n) is 3.13. The van der Waals surface area contributed by atoms with E-state index in [0.29, 0.717) is 16.0 Å². The van der Waals surface area contributed by atoms with Crippen LogP contribution in [-0.4, -0.2) is 30.6 Å². The van der Waals surface area contributed by atoms with Crippen LogP contribution in [0.25, 0.3) is 21.5 Å². The molecule has 0 atom stereocenters. The van der Waals surface area contributed by atoms with Crippen LogP contribution in [0.2, 0.25) is 0 Å². The molecule has 3 heterocycles. The second kappa shape index (κ2) is 5.53. The predicted molar refractivity (Wildman–Crippen MR) is 101 cm³/mol. The molecule has 0 aliphatic heterocycles. The molecule has 0 saturated heterocycles. The van der Waals surface area contributed by atoms with Crippen molar-refractivity contribution in [3.63, 3.8) is 0 Å². The standard InChI is InChI=1S/C20H11NO2SSe/c22-18-14-8-10-24-20(14)19(23)15(18)11-13-5-6-17(25-13)21-9-7-12-3-1-2-4-16(12)21/h1-11H/b15-11+. The van der Waals surface area contributed by atoms with Crippen molar-refractivity contribution in [3.05, 3.63) is 80.6 Å². The van der Waals surface area contributed by atoms with Crippen LogP contribution in [0.5, 0.6) is 0 Å². The van der Waals surface area contributed by atoms with Crippen LogP contribution in [0.3, 0.4) is 0 Å². The van der Waals surface area contributed by atoms with Gasteiger partial charge in [-0.2, -0.15) is 0 Å². The summed E-state index contributed by atoms with van der Waals surface area (Å²) >= 11 is 1.40. The number of rotatable bonds is 2. The molecule has 1 aliphatic carbocycles. The SMILES string of the molecule is O=C1/C(=C\c2ccc(-n3ccc4ccccc43)[se]2)C(=O)c2sccc21. The van der Waals surface area contributed by atoms with Crippen molar-refractivity contribution >= 4 is 54.4 Å². The molecular formula is C20H11NO2SSe. The number of nitrogens with zero attached hydrogens (tertiary/aromatic N) is 1. The topological polar surface area (TPSA) is 39.1 Å². The zero-order valence-electron chi connectivity index (χ0n) is 12.9. The second-order valence-electron chi connectivity index (χ2n) is 5.80. The monoisotopic (exact) mass is 409 g/mol. The molecule has 0 spiro atoms. The number of carbonyl (C=O) groups excluding carboxylic acids is 2. The molecule has 4 aromatic rings. The number of thiophene rings is 1. The second-order valence-corrected chi connectivity index (χ2v) is 9.01. The van der Waals surface area contributed by atoms with Crippen molar-refractivity contribution in [1.29, 1.82) is 0 Å². The van der Waals surface area contributed by atoms with Gasteiger partial charge in [0, 0.05) is 0 Å². The van der Waals surface area contributed by atoms with Crippen molar-refractivity contribution in [2.75, 3.05) is 0 Å². The third-order valence-electron chi connectivity index (χ3n) is 4.34. The summed E-state index contributed by atoms with van der Waals surface area (Å²) in [5, 5.41) is 3.00. The Kier molecular flexibility index (Phi) is 3.28. The first-order chi connectivity index (χ1) is 12.2. The normalized spacial score (nSPS) is 15.4. The number of ketones is 2. The number of carbonyl (C=O) groups is 2. The Labute approximate surface area is 153 Å². The number of Topliss-reactive ketones (excluding diaryl/α,β-unsaturated/α-hetero) is 2. The number of benzene rings is 1. The van der Waals surface area contributed by atoms with Gasteiger partial charge in [0.15, 0.2) is 0 Å². The summed E-state index contributed by atoms with van der Waals surface area (Å²) in [6.45, 7) is 0. The first-order valence-corrected chi connectivity index (χ1v) is 10.4. The van der Waals surface area contributed by atoms with Gasteiger partial charge in [-0.25, -0.2) is 0 Å². The Morgan fingerprint density at radius 1 is 0.960 bits per heavy atom. The van der Waals surface area contributed by atoms with Crippen LogP contribution in [-0.2, 0) is 0 Å². The molecule has 0 unspecified atom stereocenters. The number of para-hydroxylation sites is 1. The molecule has 1 aliphatic rings. The molecule has 3 nitrogen and oxygen atoms in total. The van der Waals surface area contributed by atoms with E-state index in [1.807, 2.05) is 18.2 Å². The van der Waals surface area contributed by atoms with Crippen LogP contribution in [0, 0.1) is 0 Å². The van der Waals surface area contributed by atoms with Gasteiger partial charge in [0.25, 0.3) is 0 Å². The first kappa shape index (κ1) is 14.8. The van der Waals surface area contributed by atoms with Crippen LogP contribution < -0.4 is 0 Å². The average molecular weight is 408 g/mol. The van der Waals surface area contributed by atoms with Crippen LogP contribution in [0.15, 0.2) is 65.7 Å². The van der Waals surface area contributed by atoms with Crippen molar-refractivity contribution in [1.82, 2.24) is 4.57 Å². The van der Waals surface area contributed by atoms with Gasteiger partial charge in [0.2, 0.25) is 0 Å². The first-order valence-electron chi connectivity index (χ1n) is 7.77. The Balaban J connectivity index is 1.55. The van der Waals surface area contributed by atoms with E-state index >= 15 is 0 Å². The minimum absolute atomic E-state index is 0.0609. The number of hydrogen-bond donors (Lipinski definition) is 0. The number of fused-ring (bicyclic) bond motifs is 2.